The molecule has 0 aliphatic carbocycles. The van der Waals surface area contributed by atoms with Crippen LogP contribution in [0.2, 0.25) is 0 Å². The SMILES string of the molecule is [2H]C([2H])(C)c1ccc2cnn(C)c2c1NS(=O)(=O)c1cnn(-c2ccnc(C(F)(F)F)c2)c1. The van der Waals surface area contributed by atoms with Crippen LogP contribution >= 0.6 is 0 Å². The lowest BCUT2D eigenvalue weighted by Crippen LogP contribution is -2.15. The van der Waals surface area contributed by atoms with Gasteiger partial charge in [-0.2, -0.15) is 23.4 Å². The van der Waals surface area contributed by atoms with Crippen LogP contribution in [0.15, 0.2) is 53.9 Å². The molecule has 31 heavy (non-hydrogen) atoms. The Kier molecular flexibility index (Phi) is 4.37. The third-order valence-corrected chi connectivity index (χ3v) is 5.88. The van der Waals surface area contributed by atoms with Gasteiger partial charge in [0, 0.05) is 21.4 Å². The number of pyridine rings is 1. The number of fused-ring (bicyclic) bond motifs is 1. The van der Waals surface area contributed by atoms with Crippen molar-refractivity contribution < 1.29 is 24.3 Å². The van der Waals surface area contributed by atoms with Crippen LogP contribution in [0.4, 0.5) is 18.9 Å². The summed E-state index contributed by atoms with van der Waals surface area (Å²) in [6.45, 7) is 1.29. The zero-order chi connectivity index (χ0) is 24.2. The smallest absolute Gasteiger partial charge is 0.277 e. The number of aryl methyl sites for hydroxylation is 2. The molecule has 4 aromatic rings. The number of benzene rings is 1. The summed E-state index contributed by atoms with van der Waals surface area (Å²) in [6.07, 6.45) is -2.05. The van der Waals surface area contributed by atoms with E-state index in [1.165, 1.54) is 29.9 Å². The van der Waals surface area contributed by atoms with E-state index in [0.29, 0.717) is 10.9 Å². The first-order valence-electron chi connectivity index (χ1n) is 9.84. The molecular formula is C19H17F3N6O2S. The molecule has 0 aliphatic heterocycles. The lowest BCUT2D eigenvalue weighted by Gasteiger charge is -2.13. The largest absolute Gasteiger partial charge is 0.433 e. The number of nitrogens with zero attached hydrogens (tertiary/aromatic N) is 5. The highest BCUT2D eigenvalue weighted by Crippen LogP contribution is 2.31. The van der Waals surface area contributed by atoms with E-state index < -0.39 is 28.3 Å². The molecule has 3 heterocycles. The maximum absolute atomic E-state index is 13.1. The molecule has 12 heteroatoms. The third kappa shape index (κ3) is 3.85. The Morgan fingerprint density at radius 1 is 1.19 bits per heavy atom. The van der Waals surface area contributed by atoms with Gasteiger partial charge in [-0.3, -0.25) is 14.4 Å². The second-order valence-electron chi connectivity index (χ2n) is 6.57. The van der Waals surface area contributed by atoms with Gasteiger partial charge in [0.15, 0.2) is 0 Å². The van der Waals surface area contributed by atoms with Crippen LogP contribution < -0.4 is 4.72 Å². The van der Waals surface area contributed by atoms with E-state index in [9.17, 15) is 21.6 Å². The molecule has 1 aromatic carbocycles. The van der Waals surface area contributed by atoms with Crippen molar-refractivity contribution in [2.45, 2.75) is 24.4 Å². The Labute approximate surface area is 178 Å². The van der Waals surface area contributed by atoms with Crippen LogP contribution in [0.5, 0.6) is 0 Å². The van der Waals surface area contributed by atoms with E-state index in [1.807, 2.05) is 0 Å². The average molecular weight is 452 g/mol. The highest BCUT2D eigenvalue weighted by atomic mass is 32.2. The molecule has 0 aliphatic rings. The number of hydrogen-bond donors (Lipinski definition) is 1. The molecular weight excluding hydrogens is 433 g/mol. The topological polar surface area (TPSA) is 94.7 Å². The molecule has 3 aromatic heterocycles. The van der Waals surface area contributed by atoms with Crippen molar-refractivity contribution >= 4 is 26.6 Å². The first-order valence-corrected chi connectivity index (χ1v) is 10.3. The molecule has 4 rings (SSSR count). The summed E-state index contributed by atoms with van der Waals surface area (Å²) < 4.78 is 86.1. The first kappa shape index (κ1) is 18.4. The van der Waals surface area contributed by atoms with Gasteiger partial charge in [-0.25, -0.2) is 13.1 Å². The van der Waals surface area contributed by atoms with Crippen molar-refractivity contribution in [1.82, 2.24) is 24.5 Å². The molecule has 0 saturated heterocycles. The quantitative estimate of drug-likeness (QED) is 0.500. The summed E-state index contributed by atoms with van der Waals surface area (Å²) in [5.74, 6) is 0. The van der Waals surface area contributed by atoms with Gasteiger partial charge in [-0.1, -0.05) is 19.1 Å². The van der Waals surface area contributed by atoms with Crippen LogP contribution in [-0.2, 0) is 29.6 Å². The van der Waals surface area contributed by atoms with Crippen molar-refractivity contribution in [2.75, 3.05) is 4.72 Å². The molecule has 8 nitrogen and oxygen atoms in total. The lowest BCUT2D eigenvalue weighted by molar-refractivity contribution is -0.141. The third-order valence-electron chi connectivity index (χ3n) is 4.58. The molecule has 0 spiro atoms. The van der Waals surface area contributed by atoms with E-state index in [0.717, 1.165) is 29.3 Å². The van der Waals surface area contributed by atoms with E-state index in [2.05, 4.69) is 19.9 Å². The van der Waals surface area contributed by atoms with Gasteiger partial charge in [0.2, 0.25) is 0 Å². The molecule has 0 unspecified atom stereocenters. The molecule has 0 bridgehead atoms. The molecule has 0 saturated carbocycles. The first-order chi connectivity index (χ1) is 15.3. The predicted molar refractivity (Wildman–Crippen MR) is 107 cm³/mol. The van der Waals surface area contributed by atoms with Gasteiger partial charge in [0.05, 0.1) is 35.5 Å². The summed E-state index contributed by atoms with van der Waals surface area (Å²) in [6, 6.07) is 5.11. The van der Waals surface area contributed by atoms with E-state index in [4.69, 9.17) is 2.74 Å². The molecule has 162 valence electrons. The van der Waals surface area contributed by atoms with Gasteiger partial charge in [-0.15, -0.1) is 0 Å². The van der Waals surface area contributed by atoms with Crippen molar-refractivity contribution in [2.24, 2.45) is 7.05 Å². The minimum Gasteiger partial charge on any atom is -0.277 e. The maximum atomic E-state index is 13.1. The Morgan fingerprint density at radius 3 is 2.68 bits per heavy atom. The monoisotopic (exact) mass is 452 g/mol. The standard InChI is InChI=1S/C19H17F3N6O2S/c1-3-12-4-5-13-9-24-27(2)18(13)17(12)26-31(29,30)15-10-25-28(11-15)14-6-7-23-16(8-14)19(20,21)22/h4-11,26H,3H2,1-2H3/i3D2. The molecule has 1 N–H and O–H groups in total. The Morgan fingerprint density at radius 2 is 1.97 bits per heavy atom. The lowest BCUT2D eigenvalue weighted by atomic mass is 10.1. The van der Waals surface area contributed by atoms with Gasteiger partial charge in [-0.05, 0) is 24.1 Å². The summed E-state index contributed by atoms with van der Waals surface area (Å²) in [5.41, 5.74) is -0.693. The van der Waals surface area contributed by atoms with Gasteiger partial charge >= 0.3 is 6.18 Å². The maximum Gasteiger partial charge on any atom is 0.433 e. The Bertz CT molecular complexity index is 1460. The van der Waals surface area contributed by atoms with Gasteiger partial charge in [0.25, 0.3) is 10.0 Å². The molecule has 0 amide bonds. The van der Waals surface area contributed by atoms with Crippen LogP contribution in [-0.4, -0.2) is 33.0 Å². The highest BCUT2D eigenvalue weighted by Gasteiger charge is 2.32. The fourth-order valence-corrected chi connectivity index (χ4v) is 4.09. The van der Waals surface area contributed by atoms with Crippen molar-refractivity contribution in [3.05, 3.63) is 60.3 Å². The highest BCUT2D eigenvalue weighted by molar-refractivity contribution is 7.92. The predicted octanol–water partition coefficient (Wildman–Crippen LogP) is 3.54. The zero-order valence-electron chi connectivity index (χ0n) is 18.2. The van der Waals surface area contributed by atoms with Crippen LogP contribution in [0.1, 0.15) is 20.9 Å². The summed E-state index contributed by atoms with van der Waals surface area (Å²) >= 11 is 0. The van der Waals surface area contributed by atoms with Crippen LogP contribution in [0, 0.1) is 0 Å². The number of hydrogen-bond acceptors (Lipinski definition) is 5. The molecule has 0 fully saturated rings. The van der Waals surface area contributed by atoms with Crippen molar-refractivity contribution in [1.29, 1.82) is 0 Å². The number of alkyl halides is 3. The summed E-state index contributed by atoms with van der Waals surface area (Å²) in [4.78, 5) is 2.95. The minimum atomic E-state index is -4.67. The van der Waals surface area contributed by atoms with Gasteiger partial charge in [0.1, 0.15) is 10.6 Å². The fraction of sp³-hybridized carbons (Fsp3) is 0.211. The van der Waals surface area contributed by atoms with Crippen molar-refractivity contribution in [3.63, 3.8) is 0 Å². The number of rotatable bonds is 5. The van der Waals surface area contributed by atoms with Crippen molar-refractivity contribution in [3.8, 4) is 5.69 Å². The average Bonchev–Trinajstić information content (AvgIpc) is 3.35. The second kappa shape index (κ2) is 7.38. The molecule has 0 radical (unpaired) electrons. The van der Waals surface area contributed by atoms with Crippen LogP contribution in [0.3, 0.4) is 0 Å². The van der Waals surface area contributed by atoms with E-state index >= 15 is 0 Å². The number of anilines is 1. The second-order valence-corrected chi connectivity index (χ2v) is 8.25. The summed E-state index contributed by atoms with van der Waals surface area (Å²) in [7, 11) is -2.69. The van der Waals surface area contributed by atoms with Gasteiger partial charge < -0.3 is 0 Å². The minimum absolute atomic E-state index is 0.0102. The number of aromatic nitrogens is 5. The zero-order valence-corrected chi connectivity index (χ0v) is 17.0. The number of sulfonamides is 1. The van der Waals surface area contributed by atoms with E-state index in [1.54, 1.807) is 13.1 Å². The summed E-state index contributed by atoms with van der Waals surface area (Å²) in [5, 5.41) is 8.56. The fourth-order valence-electron chi connectivity index (χ4n) is 3.07. The van der Waals surface area contributed by atoms with Crippen LogP contribution in [0.25, 0.3) is 16.6 Å². The Hall–Kier alpha value is -3.41. The Balaban J connectivity index is 1.76. The number of halogens is 3. The number of nitrogens with one attached hydrogen (secondary N) is 1. The van der Waals surface area contributed by atoms with E-state index in [-0.39, 0.29) is 21.8 Å². The molecule has 0 atom stereocenters. The normalized spacial score (nSPS) is 13.8.